The molecule has 0 amide bonds. The topological polar surface area (TPSA) is 117 Å². The zero-order chi connectivity index (χ0) is 29.3. The van der Waals surface area contributed by atoms with Crippen LogP contribution < -0.4 is 10.9 Å². The zero-order valence-electron chi connectivity index (χ0n) is 24.0. The second kappa shape index (κ2) is 8.31. The first kappa shape index (κ1) is 15.6. The maximum absolute atomic E-state index is 13.7. The quantitative estimate of drug-likeness (QED) is 0.675. The minimum atomic E-state index is -5.04. The molecule has 0 aromatic carbocycles. The molecule has 0 spiro atoms. The van der Waals surface area contributed by atoms with E-state index in [1.54, 1.807) is 0 Å². The number of pyridine rings is 1. The Morgan fingerprint density at radius 3 is 2.72 bits per heavy atom. The fourth-order valence-corrected chi connectivity index (χ4v) is 4.60. The van der Waals surface area contributed by atoms with E-state index in [-0.39, 0.29) is 21.3 Å². The Hall–Kier alpha value is -2.18. The third kappa shape index (κ3) is 4.35. The van der Waals surface area contributed by atoms with E-state index in [4.69, 9.17) is 9.60 Å². The summed E-state index contributed by atoms with van der Waals surface area (Å²) in [7, 11) is -5.04. The molecule has 2 atom stereocenters. The molecule has 2 aromatic heterocycles. The van der Waals surface area contributed by atoms with Crippen LogP contribution in [0.1, 0.15) is 66.6 Å². The first-order valence-electron chi connectivity index (χ1n) is 13.4. The molecule has 2 aliphatic rings. The van der Waals surface area contributed by atoms with Crippen LogP contribution >= 0.6 is 0 Å². The number of alkyl halides is 2. The molecule has 3 heterocycles. The second-order valence-electron chi connectivity index (χ2n) is 8.07. The first-order chi connectivity index (χ1) is 17.7. The molecule has 1 saturated carbocycles. The van der Waals surface area contributed by atoms with E-state index in [1.807, 2.05) is 0 Å². The Morgan fingerprint density at radius 2 is 2.12 bits per heavy atom. The molecule has 0 unspecified atom stereocenters. The molecule has 176 valence electrons. The maximum Gasteiger partial charge on any atom is 0.269 e. The van der Waals surface area contributed by atoms with Gasteiger partial charge in [-0.25, -0.2) is 26.5 Å². The first-order valence-corrected chi connectivity index (χ1v) is 11.3. The van der Waals surface area contributed by atoms with Gasteiger partial charge < -0.3 is 10.4 Å². The summed E-state index contributed by atoms with van der Waals surface area (Å²) < 4.78 is 108. The summed E-state index contributed by atoms with van der Waals surface area (Å²) in [6, 6.07) is -1.76. The molecule has 1 aliphatic heterocycles. The number of hydrogen-bond acceptors (Lipinski definition) is 7. The van der Waals surface area contributed by atoms with Gasteiger partial charge in [0.2, 0.25) is 16.0 Å². The highest BCUT2D eigenvalue weighted by atomic mass is 32.2. The van der Waals surface area contributed by atoms with Crippen LogP contribution in [0.5, 0.6) is 0 Å². The molecule has 1 aliphatic carbocycles. The minimum Gasteiger partial charge on any atom is -0.388 e. The standard InChI is InChI=1S/C20H27F2N5O4S/c1-20(29)7-3-4-15(20)27-17-12(10-14(16(21)22)18(27)28)11-23-19(25-17)24-13-5-8-26(9-6-13)32(2,30)31/h10-11,13,15-16,29H,3-9H2,1-2H3,(H,23,24,25)/t15-,20-/m1/s1/i2D3,5D2,6D2. The van der Waals surface area contributed by atoms with Gasteiger partial charge in [0.1, 0.15) is 5.65 Å². The van der Waals surface area contributed by atoms with E-state index in [0.29, 0.717) is 19.3 Å². The number of aliphatic hydroxyl groups is 1. The Labute approximate surface area is 194 Å². The van der Waals surface area contributed by atoms with E-state index in [2.05, 4.69) is 15.3 Å². The van der Waals surface area contributed by atoms with E-state index in [0.717, 1.165) is 16.8 Å². The van der Waals surface area contributed by atoms with E-state index < -0.39 is 77.3 Å². The van der Waals surface area contributed by atoms with Crippen LogP contribution in [-0.4, -0.2) is 63.3 Å². The molecule has 1 saturated heterocycles. The molecule has 0 radical (unpaired) electrons. The highest BCUT2D eigenvalue weighted by Gasteiger charge is 2.40. The molecule has 12 heteroatoms. The average molecular weight is 479 g/mol. The van der Waals surface area contributed by atoms with Crippen molar-refractivity contribution >= 4 is 27.0 Å². The third-order valence-corrected chi connectivity index (χ3v) is 6.72. The molecule has 2 fully saturated rings. The van der Waals surface area contributed by atoms with Crippen LogP contribution in [0.4, 0.5) is 14.7 Å². The van der Waals surface area contributed by atoms with E-state index >= 15 is 0 Å². The highest BCUT2D eigenvalue weighted by molar-refractivity contribution is 7.88. The van der Waals surface area contributed by atoms with Gasteiger partial charge in [-0.2, -0.15) is 4.98 Å². The number of anilines is 1. The minimum absolute atomic E-state index is 0.0303. The predicted molar refractivity (Wildman–Crippen MR) is 115 cm³/mol. The normalized spacial score (nSPS) is 32.4. The van der Waals surface area contributed by atoms with Crippen LogP contribution in [0.15, 0.2) is 17.1 Å². The lowest BCUT2D eigenvalue weighted by Crippen LogP contribution is -2.42. The Balaban J connectivity index is 1.78. The van der Waals surface area contributed by atoms with Crippen molar-refractivity contribution in [3.8, 4) is 0 Å². The fraction of sp³-hybridized carbons (Fsp3) is 0.650. The van der Waals surface area contributed by atoms with Crippen LogP contribution in [0.2, 0.25) is 0 Å². The molecule has 32 heavy (non-hydrogen) atoms. The number of fused-ring (bicyclic) bond motifs is 1. The summed E-state index contributed by atoms with van der Waals surface area (Å²) in [5.41, 5.74) is -3.43. The van der Waals surface area contributed by atoms with Gasteiger partial charge >= 0.3 is 0 Å². The van der Waals surface area contributed by atoms with Crippen LogP contribution in [0, 0.1) is 0 Å². The summed E-state index contributed by atoms with van der Waals surface area (Å²) in [5, 5.41) is 13.4. The van der Waals surface area contributed by atoms with Gasteiger partial charge in [0.05, 0.1) is 23.4 Å². The monoisotopic (exact) mass is 478 g/mol. The van der Waals surface area contributed by atoms with Crippen molar-refractivity contribution in [1.82, 2.24) is 18.8 Å². The second-order valence-corrected chi connectivity index (χ2v) is 9.54. The van der Waals surface area contributed by atoms with Gasteiger partial charge in [-0.15, -0.1) is 0 Å². The van der Waals surface area contributed by atoms with E-state index in [9.17, 15) is 27.1 Å². The van der Waals surface area contributed by atoms with Crippen molar-refractivity contribution in [2.75, 3.05) is 24.6 Å². The third-order valence-electron chi connectivity index (χ3n) is 5.78. The molecule has 9 nitrogen and oxygen atoms in total. The van der Waals surface area contributed by atoms with Gasteiger partial charge in [-0.3, -0.25) is 9.36 Å². The number of nitrogens with zero attached hydrogens (tertiary/aromatic N) is 4. The number of hydrogen-bond donors (Lipinski definition) is 2. The molecular formula is C20H27F2N5O4S. The van der Waals surface area contributed by atoms with E-state index in [1.165, 1.54) is 6.92 Å². The molecular weight excluding hydrogens is 444 g/mol. The zero-order valence-corrected chi connectivity index (χ0v) is 17.9. The molecule has 4 rings (SSSR count). The average Bonchev–Trinajstić information content (AvgIpc) is 3.12. The fourth-order valence-electron chi connectivity index (χ4n) is 4.11. The molecule has 2 aromatic rings. The Morgan fingerprint density at radius 1 is 1.41 bits per heavy atom. The van der Waals surface area contributed by atoms with Gasteiger partial charge in [-0.1, -0.05) is 0 Å². The number of nitrogens with one attached hydrogen (secondary N) is 1. The Kier molecular flexibility index (Phi) is 4.05. The van der Waals surface area contributed by atoms with Crippen LogP contribution in [0.25, 0.3) is 11.0 Å². The largest absolute Gasteiger partial charge is 0.388 e. The van der Waals surface area contributed by atoms with Gasteiger partial charge in [-0.05, 0) is 45.0 Å². The molecule has 2 N–H and O–H groups in total. The molecule has 0 bridgehead atoms. The SMILES string of the molecule is [2H]C1([2H])CN(S(=O)(=O)C([2H])([2H])[2H])CC([2H])([2H])C1Nc1ncc2cc(C(F)F)c(=O)n([C@@H]3CCC[C@@]3(C)O)c2n1. The lowest BCUT2D eigenvalue weighted by atomic mass is 9.99. The van der Waals surface area contributed by atoms with Crippen molar-refractivity contribution in [3.63, 3.8) is 0 Å². The van der Waals surface area contributed by atoms with Crippen LogP contribution in [0.3, 0.4) is 0 Å². The van der Waals surface area contributed by atoms with Gasteiger partial charge in [0.15, 0.2) is 0 Å². The van der Waals surface area contributed by atoms with Crippen molar-refractivity contribution in [1.29, 1.82) is 0 Å². The maximum atomic E-state index is 13.7. The predicted octanol–water partition coefficient (Wildman–Crippen LogP) is 2.04. The number of rotatable bonds is 5. The highest BCUT2D eigenvalue weighted by Crippen LogP contribution is 2.39. The van der Waals surface area contributed by atoms with Crippen molar-refractivity contribution in [2.45, 2.75) is 63.0 Å². The lowest BCUT2D eigenvalue weighted by molar-refractivity contribution is 0.0261. The summed E-state index contributed by atoms with van der Waals surface area (Å²) in [5.74, 6) is -0.386. The lowest BCUT2D eigenvalue weighted by Gasteiger charge is -2.31. The van der Waals surface area contributed by atoms with Gasteiger partial charge in [0.25, 0.3) is 12.0 Å². The smallest absolute Gasteiger partial charge is 0.269 e. The van der Waals surface area contributed by atoms with Crippen LogP contribution in [-0.2, 0) is 10.0 Å². The summed E-state index contributed by atoms with van der Waals surface area (Å²) >= 11 is 0. The summed E-state index contributed by atoms with van der Waals surface area (Å²) in [6.07, 6.45) is -9.76. The number of halogens is 2. The van der Waals surface area contributed by atoms with Gasteiger partial charge in [0, 0.05) is 40.3 Å². The summed E-state index contributed by atoms with van der Waals surface area (Å²) in [4.78, 5) is 21.3. The number of aromatic nitrogens is 3. The Bertz CT molecular complexity index is 1430. The number of sulfonamides is 1. The number of piperidine rings is 1. The van der Waals surface area contributed by atoms with Crippen molar-refractivity contribution < 1.29 is 31.9 Å². The van der Waals surface area contributed by atoms with Crippen molar-refractivity contribution in [2.24, 2.45) is 0 Å². The summed E-state index contributed by atoms with van der Waals surface area (Å²) in [6.45, 7) is -0.486. The van der Waals surface area contributed by atoms with Crippen molar-refractivity contribution in [3.05, 3.63) is 28.2 Å².